The minimum Gasteiger partial charge on any atom is -0.470 e. The van der Waals surface area contributed by atoms with Crippen LogP contribution in [0.1, 0.15) is 26.4 Å². The summed E-state index contributed by atoms with van der Waals surface area (Å²) in [6.07, 6.45) is 3.25. The number of nitrogens with one attached hydrogen (secondary N) is 2. The fraction of sp³-hybridized carbons (Fsp3) is 0.105. The second kappa shape index (κ2) is 11.0. The Kier molecular flexibility index (Phi) is 8.97. The van der Waals surface area contributed by atoms with E-state index in [1.165, 1.54) is 13.2 Å². The van der Waals surface area contributed by atoms with Gasteiger partial charge in [0.05, 0.1) is 16.3 Å². The summed E-state index contributed by atoms with van der Waals surface area (Å²) < 4.78 is 1.56. The number of aryl methyl sites for hydroxylation is 1. The van der Waals surface area contributed by atoms with Crippen molar-refractivity contribution in [2.75, 3.05) is 12.4 Å². The Labute approximate surface area is 208 Å². The van der Waals surface area contributed by atoms with Gasteiger partial charge in [0.15, 0.2) is 5.82 Å². The van der Waals surface area contributed by atoms with Crippen LogP contribution in [0.5, 0.6) is 0 Å². The van der Waals surface area contributed by atoms with Gasteiger partial charge in [-0.2, -0.15) is 0 Å². The van der Waals surface area contributed by atoms with Crippen LogP contribution in [-0.4, -0.2) is 28.5 Å². The van der Waals surface area contributed by atoms with Crippen LogP contribution in [0.4, 0.5) is 5.69 Å². The summed E-state index contributed by atoms with van der Waals surface area (Å²) in [6.45, 7) is 1.72. The van der Waals surface area contributed by atoms with E-state index in [9.17, 15) is 9.59 Å². The molecule has 11 heteroatoms. The van der Waals surface area contributed by atoms with Gasteiger partial charge in [-0.3, -0.25) is 14.2 Å². The van der Waals surface area contributed by atoms with Gasteiger partial charge in [-0.15, -0.1) is 0 Å². The predicted octanol–water partition coefficient (Wildman–Crippen LogP) is 4.32. The van der Waals surface area contributed by atoms with Crippen molar-refractivity contribution in [2.45, 2.75) is 6.92 Å². The first-order valence-electron chi connectivity index (χ1n) is 8.35. The maximum Gasteiger partial charge on any atom is 0.272 e. The SMILES string of the molecule is CO[N-]NC(=O)c1cc(Cl)cc(C)c1NC(=O)c1cccn1-c1ncccc1Cl.[Y]. The number of anilines is 1. The van der Waals surface area contributed by atoms with E-state index in [0.717, 1.165) is 0 Å². The van der Waals surface area contributed by atoms with Gasteiger partial charge < -0.3 is 21.2 Å². The number of benzene rings is 1. The summed E-state index contributed by atoms with van der Waals surface area (Å²) in [5.41, 5.74) is 6.89. The molecule has 0 aliphatic heterocycles. The molecule has 0 fully saturated rings. The monoisotopic (exact) mass is 521 g/mol. The third kappa shape index (κ3) is 5.46. The predicted molar refractivity (Wildman–Crippen MR) is 111 cm³/mol. The van der Waals surface area contributed by atoms with E-state index in [0.29, 0.717) is 27.1 Å². The summed E-state index contributed by atoms with van der Waals surface area (Å²) in [5, 5.41) is 3.49. The van der Waals surface area contributed by atoms with E-state index < -0.39 is 11.8 Å². The number of amides is 2. The van der Waals surface area contributed by atoms with Crippen molar-refractivity contribution < 1.29 is 47.1 Å². The first-order valence-corrected chi connectivity index (χ1v) is 9.11. The molecule has 0 atom stereocenters. The Hall–Kier alpha value is -1.81. The van der Waals surface area contributed by atoms with Gasteiger partial charge in [0, 0.05) is 57.2 Å². The van der Waals surface area contributed by atoms with E-state index in [2.05, 4.69) is 26.2 Å². The first kappa shape index (κ1) is 24.5. The number of aromatic nitrogens is 2. The number of hydrogen-bond acceptors (Lipinski definition) is 4. The maximum absolute atomic E-state index is 13.0. The van der Waals surface area contributed by atoms with Gasteiger partial charge >= 0.3 is 0 Å². The molecular formula is C19H16Cl2N5O3Y-. The van der Waals surface area contributed by atoms with E-state index in [-0.39, 0.29) is 44.0 Å². The van der Waals surface area contributed by atoms with E-state index in [1.54, 1.807) is 54.2 Å². The van der Waals surface area contributed by atoms with Gasteiger partial charge in [-0.25, -0.2) is 4.98 Å². The Bertz CT molecular complexity index is 1070. The van der Waals surface area contributed by atoms with Crippen molar-refractivity contribution in [1.82, 2.24) is 15.0 Å². The Morgan fingerprint density at radius 1 is 1.17 bits per heavy atom. The molecular weight excluding hydrogens is 506 g/mol. The topological polar surface area (TPSA) is 99.4 Å². The normalized spacial score (nSPS) is 10.3. The number of rotatable bonds is 6. The smallest absolute Gasteiger partial charge is 0.272 e. The Morgan fingerprint density at radius 2 is 1.93 bits per heavy atom. The zero-order valence-corrected chi connectivity index (χ0v) is 20.4. The standard InChI is InChI=1S/C19H16Cl2N5O3.Y/c1-11-9-12(20)10-13(18(27)24-25-29-2)16(11)23-19(28)15-6-4-8-26(15)17-14(21)5-3-7-22-17;/h3-10H,1-2H3,(H2,23,24,27,28);/q-1;. The van der Waals surface area contributed by atoms with Gasteiger partial charge in [-0.1, -0.05) is 23.2 Å². The largest absolute Gasteiger partial charge is 0.470 e. The number of nitrogens with zero attached hydrogens (tertiary/aromatic N) is 3. The molecule has 0 spiro atoms. The summed E-state index contributed by atoms with van der Waals surface area (Å²) in [6, 6.07) is 9.75. The van der Waals surface area contributed by atoms with Gasteiger partial charge in [0.25, 0.3) is 5.91 Å². The summed E-state index contributed by atoms with van der Waals surface area (Å²) in [5.74, 6) is -0.634. The fourth-order valence-corrected chi connectivity index (χ4v) is 3.20. The summed E-state index contributed by atoms with van der Waals surface area (Å²) >= 11 is 12.3. The molecule has 153 valence electrons. The Balaban J connectivity index is 0.00000320. The van der Waals surface area contributed by atoms with E-state index in [4.69, 9.17) is 23.2 Å². The van der Waals surface area contributed by atoms with Crippen LogP contribution >= 0.6 is 23.2 Å². The van der Waals surface area contributed by atoms with Crippen LogP contribution in [-0.2, 0) is 37.5 Å². The van der Waals surface area contributed by atoms with Crippen LogP contribution in [0.15, 0.2) is 48.8 Å². The minimum absolute atomic E-state index is 0. The van der Waals surface area contributed by atoms with Gasteiger partial charge in [0.1, 0.15) is 5.69 Å². The molecule has 3 aromatic rings. The van der Waals surface area contributed by atoms with Crippen LogP contribution in [0.25, 0.3) is 11.4 Å². The van der Waals surface area contributed by atoms with Crippen molar-refractivity contribution in [3.8, 4) is 5.82 Å². The van der Waals surface area contributed by atoms with Crippen molar-refractivity contribution >= 4 is 40.7 Å². The fourth-order valence-electron chi connectivity index (χ4n) is 2.72. The zero-order valence-electron chi connectivity index (χ0n) is 16.0. The van der Waals surface area contributed by atoms with Gasteiger partial charge in [-0.05, 0) is 48.9 Å². The average molecular weight is 522 g/mol. The summed E-state index contributed by atoms with van der Waals surface area (Å²) in [4.78, 5) is 34.1. The van der Waals surface area contributed by atoms with E-state index in [1.807, 2.05) is 0 Å². The molecule has 2 aromatic heterocycles. The minimum atomic E-state index is -0.587. The molecule has 3 rings (SSSR count). The number of hydrogen-bond donors (Lipinski definition) is 2. The molecule has 8 nitrogen and oxygen atoms in total. The molecule has 0 aliphatic rings. The first-order chi connectivity index (χ1) is 13.9. The van der Waals surface area contributed by atoms with Crippen molar-refractivity contribution in [3.63, 3.8) is 0 Å². The molecule has 30 heavy (non-hydrogen) atoms. The molecule has 2 amide bonds. The molecule has 0 unspecified atom stereocenters. The summed E-state index contributed by atoms with van der Waals surface area (Å²) in [7, 11) is 1.29. The number of carbonyl (C=O) groups excluding carboxylic acids is 2. The maximum atomic E-state index is 13.0. The molecule has 0 saturated heterocycles. The molecule has 0 aliphatic carbocycles. The molecule has 0 saturated carbocycles. The Morgan fingerprint density at radius 3 is 2.63 bits per heavy atom. The zero-order chi connectivity index (χ0) is 21.0. The van der Waals surface area contributed by atoms with Crippen molar-refractivity contribution in [1.29, 1.82) is 0 Å². The number of halogens is 2. The van der Waals surface area contributed by atoms with Crippen LogP contribution in [0.3, 0.4) is 0 Å². The van der Waals surface area contributed by atoms with E-state index >= 15 is 0 Å². The molecule has 2 N–H and O–H groups in total. The molecule has 0 bridgehead atoms. The number of carbonyl (C=O) groups is 2. The molecule has 1 radical (unpaired) electrons. The van der Waals surface area contributed by atoms with Crippen LogP contribution < -0.4 is 10.7 Å². The van der Waals surface area contributed by atoms with Crippen LogP contribution in [0, 0.1) is 6.92 Å². The van der Waals surface area contributed by atoms with Gasteiger partial charge in [0.2, 0.25) is 5.91 Å². The molecule has 1 aromatic carbocycles. The second-order valence-corrected chi connectivity index (χ2v) is 6.73. The van der Waals surface area contributed by atoms with Crippen molar-refractivity contribution in [2.24, 2.45) is 0 Å². The third-order valence-electron chi connectivity index (χ3n) is 3.97. The van der Waals surface area contributed by atoms with Crippen molar-refractivity contribution in [3.05, 3.63) is 81.2 Å². The average Bonchev–Trinajstić information content (AvgIpc) is 3.18. The third-order valence-corrected chi connectivity index (χ3v) is 4.48. The quantitative estimate of drug-likeness (QED) is 0.472. The van der Waals surface area contributed by atoms with Crippen LogP contribution in [0.2, 0.25) is 10.0 Å². The second-order valence-electron chi connectivity index (χ2n) is 5.89. The molecule has 2 heterocycles. The number of pyridine rings is 1.